The molecule has 1 aliphatic carbocycles. The van der Waals surface area contributed by atoms with Crippen LogP contribution in [0.1, 0.15) is 26.2 Å². The Kier molecular flexibility index (Phi) is 4.65. The van der Waals surface area contributed by atoms with Crippen LogP contribution in [0.2, 0.25) is 0 Å². The van der Waals surface area contributed by atoms with Gasteiger partial charge in [0.15, 0.2) is 0 Å². The van der Waals surface area contributed by atoms with Gasteiger partial charge in [-0.15, -0.1) is 0 Å². The molecule has 4 heteroatoms. The number of rotatable bonds is 7. The summed E-state index contributed by atoms with van der Waals surface area (Å²) in [6.45, 7) is 6.07. The fraction of sp³-hybridized carbons (Fsp3) is 1.00. The molecule has 4 nitrogen and oxygen atoms in total. The second-order valence-corrected chi connectivity index (χ2v) is 3.70. The van der Waals surface area contributed by atoms with Crippen LogP contribution in [0, 0.1) is 5.92 Å². The molecule has 0 heterocycles. The van der Waals surface area contributed by atoms with Crippen molar-refractivity contribution in [2.24, 2.45) is 11.0 Å². The van der Waals surface area contributed by atoms with Crippen molar-refractivity contribution in [2.75, 3.05) is 26.2 Å². The van der Waals surface area contributed by atoms with Gasteiger partial charge in [0.25, 0.3) is 0 Å². The number of hydrogen-bond donors (Lipinski definition) is 0. The van der Waals surface area contributed by atoms with Gasteiger partial charge in [-0.1, -0.05) is 12.0 Å². The molecule has 0 N–H and O–H groups in total. The highest BCUT2D eigenvalue weighted by molar-refractivity contribution is 4.77. The first-order valence-electron chi connectivity index (χ1n) is 5.10. The maximum Gasteiger partial charge on any atom is 0.0385 e. The highest BCUT2D eigenvalue weighted by atomic mass is 15.2. The van der Waals surface area contributed by atoms with Crippen LogP contribution in [0.3, 0.4) is 0 Å². The molecular weight excluding hydrogens is 164 g/mol. The Morgan fingerprint density at radius 3 is 2.77 bits per heavy atom. The van der Waals surface area contributed by atoms with Gasteiger partial charge < -0.3 is 4.90 Å². The molecule has 0 saturated heterocycles. The van der Waals surface area contributed by atoms with Crippen molar-refractivity contribution in [3.05, 3.63) is 10.4 Å². The zero-order chi connectivity index (χ0) is 9.52. The lowest BCUT2D eigenvalue weighted by Gasteiger charge is -2.20. The van der Waals surface area contributed by atoms with Crippen LogP contribution < -0.4 is 0 Å². The molecular formula is C9H18N4. The first-order chi connectivity index (χ1) is 6.36. The van der Waals surface area contributed by atoms with E-state index in [4.69, 9.17) is 5.53 Å². The molecule has 0 bridgehead atoms. The van der Waals surface area contributed by atoms with E-state index in [2.05, 4.69) is 21.8 Å². The first-order valence-corrected chi connectivity index (χ1v) is 5.10. The number of azide groups is 1. The van der Waals surface area contributed by atoms with E-state index in [0.29, 0.717) is 6.54 Å². The average molecular weight is 182 g/mol. The topological polar surface area (TPSA) is 52.0 Å². The Morgan fingerprint density at radius 1 is 1.46 bits per heavy atom. The van der Waals surface area contributed by atoms with Crippen LogP contribution in [0.4, 0.5) is 0 Å². The predicted octanol–water partition coefficient (Wildman–Crippen LogP) is 2.42. The Morgan fingerprint density at radius 2 is 2.23 bits per heavy atom. The lowest BCUT2D eigenvalue weighted by molar-refractivity contribution is 0.270. The number of hydrogen-bond acceptors (Lipinski definition) is 2. The summed E-state index contributed by atoms with van der Waals surface area (Å²) in [4.78, 5) is 5.17. The highest BCUT2D eigenvalue weighted by Gasteiger charge is 2.23. The molecule has 0 aromatic heterocycles. The van der Waals surface area contributed by atoms with Gasteiger partial charge in [0.05, 0.1) is 0 Å². The van der Waals surface area contributed by atoms with Crippen LogP contribution in [-0.4, -0.2) is 31.1 Å². The van der Waals surface area contributed by atoms with Gasteiger partial charge in [0, 0.05) is 24.5 Å². The van der Waals surface area contributed by atoms with Crippen molar-refractivity contribution in [2.45, 2.75) is 26.2 Å². The smallest absolute Gasteiger partial charge is 0.0385 e. The van der Waals surface area contributed by atoms with Crippen LogP contribution in [0.15, 0.2) is 5.11 Å². The quantitative estimate of drug-likeness (QED) is 0.339. The number of nitrogens with zero attached hydrogens (tertiary/aromatic N) is 4. The maximum absolute atomic E-state index is 8.14. The van der Waals surface area contributed by atoms with Gasteiger partial charge in [-0.05, 0) is 37.3 Å². The van der Waals surface area contributed by atoms with E-state index < -0.39 is 0 Å². The highest BCUT2D eigenvalue weighted by Crippen LogP contribution is 2.29. The van der Waals surface area contributed by atoms with Crippen molar-refractivity contribution in [3.8, 4) is 0 Å². The fourth-order valence-electron chi connectivity index (χ4n) is 1.51. The summed E-state index contributed by atoms with van der Waals surface area (Å²) < 4.78 is 0. The second kappa shape index (κ2) is 5.84. The van der Waals surface area contributed by atoms with E-state index in [1.165, 1.54) is 25.8 Å². The van der Waals surface area contributed by atoms with Gasteiger partial charge in [-0.2, -0.15) is 0 Å². The molecule has 13 heavy (non-hydrogen) atoms. The molecule has 1 fully saturated rings. The summed E-state index contributed by atoms with van der Waals surface area (Å²) in [7, 11) is 0. The molecule has 0 radical (unpaired) electrons. The predicted molar refractivity (Wildman–Crippen MR) is 53.5 cm³/mol. The minimum atomic E-state index is 0.614. The summed E-state index contributed by atoms with van der Waals surface area (Å²) in [5, 5.41) is 3.56. The van der Waals surface area contributed by atoms with E-state index >= 15 is 0 Å². The van der Waals surface area contributed by atoms with E-state index in [9.17, 15) is 0 Å². The van der Waals surface area contributed by atoms with Gasteiger partial charge >= 0.3 is 0 Å². The summed E-state index contributed by atoms with van der Waals surface area (Å²) in [5.74, 6) is 0.928. The standard InChI is InChI=1S/C9H18N4/c1-2-6-13(7-5-11-12-10)8-9-3-4-9/h9H,2-8H2,1H3. The summed E-state index contributed by atoms with van der Waals surface area (Å²) in [6.07, 6.45) is 3.96. The van der Waals surface area contributed by atoms with Crippen molar-refractivity contribution < 1.29 is 0 Å². The third-order valence-corrected chi connectivity index (χ3v) is 2.33. The lowest BCUT2D eigenvalue weighted by atomic mass is 10.3. The molecule has 1 rings (SSSR count). The zero-order valence-corrected chi connectivity index (χ0v) is 8.32. The molecule has 1 aliphatic rings. The van der Waals surface area contributed by atoms with Crippen LogP contribution in [0.5, 0.6) is 0 Å². The second-order valence-electron chi connectivity index (χ2n) is 3.70. The summed E-state index contributed by atoms with van der Waals surface area (Å²) in [6, 6.07) is 0. The van der Waals surface area contributed by atoms with Crippen LogP contribution >= 0.6 is 0 Å². The fourth-order valence-corrected chi connectivity index (χ4v) is 1.51. The maximum atomic E-state index is 8.14. The van der Waals surface area contributed by atoms with Gasteiger partial charge in [0.2, 0.25) is 0 Å². The molecule has 0 unspecified atom stereocenters. The van der Waals surface area contributed by atoms with Crippen molar-refractivity contribution >= 4 is 0 Å². The lowest BCUT2D eigenvalue weighted by Crippen LogP contribution is -2.29. The van der Waals surface area contributed by atoms with E-state index in [0.717, 1.165) is 19.0 Å². The van der Waals surface area contributed by atoms with E-state index in [-0.39, 0.29) is 0 Å². The zero-order valence-electron chi connectivity index (χ0n) is 8.32. The largest absolute Gasteiger partial charge is 0.303 e. The summed E-state index contributed by atoms with van der Waals surface area (Å²) in [5.41, 5.74) is 8.14. The normalized spacial score (nSPS) is 15.8. The Labute approximate surface area is 79.5 Å². The van der Waals surface area contributed by atoms with Crippen molar-refractivity contribution in [1.82, 2.24) is 4.90 Å². The third-order valence-electron chi connectivity index (χ3n) is 2.33. The van der Waals surface area contributed by atoms with Crippen LogP contribution in [0.25, 0.3) is 10.4 Å². The van der Waals surface area contributed by atoms with Gasteiger partial charge in [-0.25, -0.2) is 0 Å². The average Bonchev–Trinajstić information content (AvgIpc) is 2.89. The van der Waals surface area contributed by atoms with Gasteiger partial charge in [-0.3, -0.25) is 0 Å². The van der Waals surface area contributed by atoms with Gasteiger partial charge in [0.1, 0.15) is 0 Å². The molecule has 0 aliphatic heterocycles. The molecule has 1 saturated carbocycles. The third kappa shape index (κ3) is 4.76. The first kappa shape index (κ1) is 10.4. The Balaban J connectivity index is 2.14. The summed E-state index contributed by atoms with van der Waals surface area (Å²) >= 11 is 0. The SMILES string of the molecule is CCCN(CCN=[N+]=[N-])CC1CC1. The monoisotopic (exact) mass is 182 g/mol. The van der Waals surface area contributed by atoms with Crippen LogP contribution in [-0.2, 0) is 0 Å². The molecule has 74 valence electrons. The molecule has 0 spiro atoms. The molecule has 0 aromatic rings. The Bertz CT molecular complexity index is 182. The van der Waals surface area contributed by atoms with Crippen molar-refractivity contribution in [1.29, 1.82) is 0 Å². The van der Waals surface area contributed by atoms with Crippen molar-refractivity contribution in [3.63, 3.8) is 0 Å². The molecule has 0 amide bonds. The van der Waals surface area contributed by atoms with E-state index in [1.54, 1.807) is 0 Å². The molecule has 0 aromatic carbocycles. The Hall–Kier alpha value is -0.730. The molecule has 0 atom stereocenters. The minimum Gasteiger partial charge on any atom is -0.303 e. The minimum absolute atomic E-state index is 0.614. The van der Waals surface area contributed by atoms with E-state index in [1.807, 2.05) is 0 Å².